The Morgan fingerprint density at radius 2 is 1.67 bits per heavy atom. The summed E-state index contributed by atoms with van der Waals surface area (Å²) in [5, 5.41) is 7.44. The predicted molar refractivity (Wildman–Crippen MR) is 127 cm³/mol. The Balaban J connectivity index is 1.57. The molecular weight excluding hydrogens is 464 g/mol. The standard InChI is InChI=1S/C23H19ClN4O4S/c1-32-21-12-11-18(15-22(21)33(30,31)27-17-9-7-16(24)8-10-17)25-23(29)20-13-14-28(26-20)19-5-3-2-4-6-19/h2-15,27H,1H3,(H,25,29). The van der Waals surface area contributed by atoms with Gasteiger partial charge in [0.2, 0.25) is 0 Å². The van der Waals surface area contributed by atoms with Gasteiger partial charge in [-0.15, -0.1) is 0 Å². The first-order valence-electron chi connectivity index (χ1n) is 9.74. The number of nitrogens with zero attached hydrogens (tertiary/aromatic N) is 2. The van der Waals surface area contributed by atoms with Crippen LogP contribution in [0.3, 0.4) is 0 Å². The highest BCUT2D eigenvalue weighted by atomic mass is 35.5. The summed E-state index contributed by atoms with van der Waals surface area (Å²) in [5.74, 6) is -0.355. The SMILES string of the molecule is COc1ccc(NC(=O)c2ccn(-c3ccccc3)n2)cc1S(=O)(=O)Nc1ccc(Cl)cc1. The molecule has 1 amide bonds. The van der Waals surface area contributed by atoms with Crippen molar-refractivity contribution in [1.29, 1.82) is 0 Å². The first kappa shape index (κ1) is 22.4. The lowest BCUT2D eigenvalue weighted by Gasteiger charge is -2.13. The molecule has 0 bridgehead atoms. The van der Waals surface area contributed by atoms with Crippen LogP contribution in [0.25, 0.3) is 5.69 Å². The molecule has 10 heteroatoms. The number of methoxy groups -OCH3 is 1. The molecule has 4 rings (SSSR count). The zero-order chi connectivity index (χ0) is 23.4. The number of hydrogen-bond acceptors (Lipinski definition) is 5. The molecule has 33 heavy (non-hydrogen) atoms. The van der Waals surface area contributed by atoms with E-state index in [2.05, 4.69) is 15.1 Å². The number of halogens is 1. The van der Waals surface area contributed by atoms with Crippen LogP contribution in [0.1, 0.15) is 10.5 Å². The van der Waals surface area contributed by atoms with Crippen molar-refractivity contribution in [3.63, 3.8) is 0 Å². The molecule has 0 unspecified atom stereocenters. The minimum Gasteiger partial charge on any atom is -0.495 e. The van der Waals surface area contributed by atoms with Gasteiger partial charge in [-0.05, 0) is 60.7 Å². The maximum Gasteiger partial charge on any atom is 0.276 e. The number of benzene rings is 3. The van der Waals surface area contributed by atoms with Gasteiger partial charge in [0.05, 0.1) is 12.8 Å². The fourth-order valence-electron chi connectivity index (χ4n) is 3.06. The highest BCUT2D eigenvalue weighted by Crippen LogP contribution is 2.29. The first-order chi connectivity index (χ1) is 15.9. The number of nitrogens with one attached hydrogen (secondary N) is 2. The Bertz CT molecular complexity index is 1390. The van der Waals surface area contributed by atoms with E-state index in [1.165, 1.54) is 19.2 Å². The topological polar surface area (TPSA) is 102 Å². The van der Waals surface area contributed by atoms with Crippen LogP contribution in [-0.4, -0.2) is 31.2 Å². The van der Waals surface area contributed by atoms with Crippen LogP contribution in [0.4, 0.5) is 11.4 Å². The number of sulfonamides is 1. The minimum absolute atomic E-state index is 0.128. The number of hydrogen-bond donors (Lipinski definition) is 2. The summed E-state index contributed by atoms with van der Waals surface area (Å²) in [7, 11) is -2.65. The smallest absolute Gasteiger partial charge is 0.276 e. The van der Waals surface area contributed by atoms with Crippen molar-refractivity contribution in [2.45, 2.75) is 4.90 Å². The van der Waals surface area contributed by atoms with Crippen LogP contribution in [0.15, 0.2) is 90.0 Å². The molecule has 0 aliphatic heterocycles. The van der Waals surface area contributed by atoms with Crippen LogP contribution < -0.4 is 14.8 Å². The van der Waals surface area contributed by atoms with Gasteiger partial charge in [-0.25, -0.2) is 13.1 Å². The van der Waals surface area contributed by atoms with E-state index in [1.807, 2.05) is 30.3 Å². The zero-order valence-electron chi connectivity index (χ0n) is 17.4. The molecular formula is C23H19ClN4O4S. The summed E-state index contributed by atoms with van der Waals surface area (Å²) < 4.78 is 35.2. The number of amides is 1. The van der Waals surface area contributed by atoms with Crippen LogP contribution in [-0.2, 0) is 10.0 Å². The second-order valence-corrected chi connectivity index (χ2v) is 9.00. The first-order valence-corrected chi connectivity index (χ1v) is 11.6. The summed E-state index contributed by atoms with van der Waals surface area (Å²) in [6.45, 7) is 0. The van der Waals surface area contributed by atoms with Crippen molar-refractivity contribution >= 4 is 38.9 Å². The van der Waals surface area contributed by atoms with Crippen molar-refractivity contribution in [3.05, 3.63) is 95.8 Å². The van der Waals surface area contributed by atoms with Gasteiger partial charge in [0.15, 0.2) is 5.69 Å². The summed E-state index contributed by atoms with van der Waals surface area (Å²) in [6, 6.07) is 21.5. The number of carbonyl (C=O) groups excluding carboxylic acids is 1. The molecule has 1 aromatic heterocycles. The molecule has 8 nitrogen and oxygen atoms in total. The third-order valence-electron chi connectivity index (χ3n) is 4.65. The van der Waals surface area contributed by atoms with Gasteiger partial charge in [0.1, 0.15) is 10.6 Å². The molecule has 0 saturated heterocycles. The van der Waals surface area contributed by atoms with Gasteiger partial charge < -0.3 is 10.1 Å². The Morgan fingerprint density at radius 3 is 2.36 bits per heavy atom. The predicted octanol–water partition coefficient (Wildman–Crippen LogP) is 4.59. The molecule has 1 heterocycles. The van der Waals surface area contributed by atoms with E-state index in [0.717, 1.165) is 5.69 Å². The molecule has 0 fully saturated rings. The van der Waals surface area contributed by atoms with E-state index in [4.69, 9.17) is 16.3 Å². The van der Waals surface area contributed by atoms with Crippen molar-refractivity contribution in [3.8, 4) is 11.4 Å². The fourth-order valence-corrected chi connectivity index (χ4v) is 4.44. The van der Waals surface area contributed by atoms with Crippen molar-refractivity contribution in [2.24, 2.45) is 0 Å². The maximum absolute atomic E-state index is 13.0. The molecule has 0 saturated carbocycles. The van der Waals surface area contributed by atoms with E-state index >= 15 is 0 Å². The van der Waals surface area contributed by atoms with Crippen molar-refractivity contribution in [1.82, 2.24) is 9.78 Å². The second kappa shape index (κ2) is 9.35. The molecule has 0 aliphatic rings. The van der Waals surface area contributed by atoms with Crippen LogP contribution in [0.5, 0.6) is 5.75 Å². The van der Waals surface area contributed by atoms with E-state index < -0.39 is 15.9 Å². The molecule has 3 aromatic carbocycles. The van der Waals surface area contributed by atoms with Gasteiger partial charge >= 0.3 is 0 Å². The Labute approximate surface area is 195 Å². The third kappa shape index (κ3) is 5.16. The summed E-state index contributed by atoms with van der Waals surface area (Å²) in [5.41, 5.74) is 1.59. The minimum atomic E-state index is -4.01. The number of carbonyl (C=O) groups is 1. The molecule has 4 aromatic rings. The fraction of sp³-hybridized carbons (Fsp3) is 0.0435. The molecule has 0 spiro atoms. The highest BCUT2D eigenvalue weighted by molar-refractivity contribution is 7.92. The van der Waals surface area contributed by atoms with E-state index in [0.29, 0.717) is 10.7 Å². The number of anilines is 2. The van der Waals surface area contributed by atoms with E-state index in [1.54, 1.807) is 47.3 Å². The average molecular weight is 483 g/mol. The van der Waals surface area contributed by atoms with Gasteiger partial charge in [0.25, 0.3) is 15.9 Å². The lowest BCUT2D eigenvalue weighted by atomic mass is 10.3. The van der Waals surface area contributed by atoms with Gasteiger partial charge in [-0.3, -0.25) is 9.52 Å². The van der Waals surface area contributed by atoms with E-state index in [9.17, 15) is 13.2 Å². The lowest BCUT2D eigenvalue weighted by Crippen LogP contribution is -2.16. The summed E-state index contributed by atoms with van der Waals surface area (Å²) >= 11 is 5.86. The zero-order valence-corrected chi connectivity index (χ0v) is 19.0. The number of para-hydroxylation sites is 1. The van der Waals surface area contributed by atoms with Crippen LogP contribution in [0.2, 0.25) is 5.02 Å². The monoisotopic (exact) mass is 482 g/mol. The Morgan fingerprint density at radius 1 is 0.970 bits per heavy atom. The number of rotatable bonds is 7. The largest absolute Gasteiger partial charge is 0.495 e. The molecule has 168 valence electrons. The summed E-state index contributed by atoms with van der Waals surface area (Å²) in [6.07, 6.45) is 1.67. The molecule has 2 N–H and O–H groups in total. The van der Waals surface area contributed by atoms with Crippen molar-refractivity contribution < 1.29 is 17.9 Å². The Hall–Kier alpha value is -3.82. The average Bonchev–Trinajstić information content (AvgIpc) is 3.32. The normalized spacial score (nSPS) is 11.1. The molecule has 0 radical (unpaired) electrons. The number of ether oxygens (including phenoxy) is 1. The quantitative estimate of drug-likeness (QED) is 0.401. The molecule has 0 atom stereocenters. The maximum atomic E-state index is 13.0. The van der Waals surface area contributed by atoms with Gasteiger partial charge in [0, 0.05) is 22.6 Å². The third-order valence-corrected chi connectivity index (χ3v) is 6.30. The van der Waals surface area contributed by atoms with Crippen LogP contribution in [0, 0.1) is 0 Å². The van der Waals surface area contributed by atoms with E-state index in [-0.39, 0.29) is 22.0 Å². The van der Waals surface area contributed by atoms with Crippen molar-refractivity contribution in [2.75, 3.05) is 17.1 Å². The highest BCUT2D eigenvalue weighted by Gasteiger charge is 2.21. The summed E-state index contributed by atoms with van der Waals surface area (Å²) in [4.78, 5) is 12.6. The lowest BCUT2D eigenvalue weighted by molar-refractivity contribution is 0.102. The number of aromatic nitrogens is 2. The van der Waals surface area contributed by atoms with Crippen LogP contribution >= 0.6 is 11.6 Å². The Kier molecular flexibility index (Phi) is 6.34. The van der Waals surface area contributed by atoms with Gasteiger partial charge in [-0.2, -0.15) is 5.10 Å². The molecule has 0 aliphatic carbocycles. The van der Waals surface area contributed by atoms with Gasteiger partial charge in [-0.1, -0.05) is 29.8 Å². The second-order valence-electron chi connectivity index (χ2n) is 6.91.